The van der Waals surface area contributed by atoms with Crippen LogP contribution in [0.1, 0.15) is 5.69 Å². The second kappa shape index (κ2) is 3.59. The van der Waals surface area contributed by atoms with Gasteiger partial charge in [-0.25, -0.2) is 9.97 Å². The molecule has 0 unspecified atom stereocenters. The van der Waals surface area contributed by atoms with E-state index in [-0.39, 0.29) is 6.01 Å². The molecule has 0 atom stereocenters. The molecule has 0 radical (unpaired) electrons. The summed E-state index contributed by atoms with van der Waals surface area (Å²) in [7, 11) is 0. The van der Waals surface area contributed by atoms with E-state index in [9.17, 15) is 13.2 Å². The molecule has 0 aliphatic rings. The summed E-state index contributed by atoms with van der Waals surface area (Å²) < 4.78 is 39.3. The number of alkyl halides is 3. The minimum absolute atomic E-state index is 0.252. The largest absolute Gasteiger partial charge is 0.454 e. The first-order valence-electron chi connectivity index (χ1n) is 3.46. The van der Waals surface area contributed by atoms with Crippen LogP contribution in [0.4, 0.5) is 13.2 Å². The van der Waals surface area contributed by atoms with Crippen LogP contribution in [0.2, 0.25) is 0 Å². The minimum atomic E-state index is -4.35. The molecular weight excluding hydrogens is 185 g/mol. The predicted molar refractivity (Wildman–Crippen MR) is 38.3 cm³/mol. The third-order valence-electron chi connectivity index (χ3n) is 1.14. The van der Waals surface area contributed by atoms with Gasteiger partial charge in [0.2, 0.25) is 0 Å². The van der Waals surface area contributed by atoms with Gasteiger partial charge in [0.05, 0.1) is 0 Å². The average molecular weight is 192 g/mol. The molecule has 0 aliphatic carbocycles. The molecule has 1 aromatic rings. The van der Waals surface area contributed by atoms with E-state index in [1.807, 2.05) is 0 Å². The topological polar surface area (TPSA) is 35.0 Å². The lowest BCUT2D eigenvalue weighted by molar-refractivity contribution is -0.154. The van der Waals surface area contributed by atoms with Crippen molar-refractivity contribution in [2.75, 3.05) is 6.61 Å². The van der Waals surface area contributed by atoms with Gasteiger partial charge in [-0.05, 0) is 13.0 Å². The van der Waals surface area contributed by atoms with E-state index in [1.54, 1.807) is 13.0 Å². The fourth-order valence-electron chi connectivity index (χ4n) is 0.642. The molecule has 0 amide bonds. The lowest BCUT2D eigenvalue weighted by Crippen LogP contribution is -2.20. The van der Waals surface area contributed by atoms with Gasteiger partial charge in [0.25, 0.3) is 0 Å². The zero-order chi connectivity index (χ0) is 9.90. The van der Waals surface area contributed by atoms with Crippen molar-refractivity contribution in [3.8, 4) is 6.01 Å². The molecule has 3 nitrogen and oxygen atoms in total. The van der Waals surface area contributed by atoms with Crippen LogP contribution in [0, 0.1) is 6.92 Å². The van der Waals surface area contributed by atoms with E-state index >= 15 is 0 Å². The van der Waals surface area contributed by atoms with E-state index in [1.165, 1.54) is 6.20 Å². The molecule has 0 bridgehead atoms. The standard InChI is InChI=1S/C7H7F3N2O/c1-5-2-3-11-6(12-5)13-4-7(8,9)10/h2-3H,4H2,1H3. The number of hydrogen-bond acceptors (Lipinski definition) is 3. The summed E-state index contributed by atoms with van der Waals surface area (Å²) in [5.41, 5.74) is 0.562. The molecular formula is C7H7F3N2O. The number of rotatable bonds is 2. The van der Waals surface area contributed by atoms with Crippen molar-refractivity contribution < 1.29 is 17.9 Å². The Morgan fingerprint density at radius 1 is 1.46 bits per heavy atom. The third-order valence-corrected chi connectivity index (χ3v) is 1.14. The zero-order valence-electron chi connectivity index (χ0n) is 6.80. The van der Waals surface area contributed by atoms with Crippen molar-refractivity contribution in [2.24, 2.45) is 0 Å². The maximum Gasteiger partial charge on any atom is 0.422 e. The van der Waals surface area contributed by atoms with Gasteiger partial charge in [-0.15, -0.1) is 0 Å². The highest BCUT2D eigenvalue weighted by Gasteiger charge is 2.28. The molecule has 0 saturated carbocycles. The summed E-state index contributed by atoms with van der Waals surface area (Å²) in [6.45, 7) is 0.276. The highest BCUT2D eigenvalue weighted by molar-refractivity contribution is 5.02. The lowest BCUT2D eigenvalue weighted by atomic mass is 10.5. The second-order valence-electron chi connectivity index (χ2n) is 2.38. The van der Waals surface area contributed by atoms with Gasteiger partial charge in [0.1, 0.15) is 0 Å². The Morgan fingerprint density at radius 2 is 2.15 bits per heavy atom. The van der Waals surface area contributed by atoms with Crippen LogP contribution in [0.5, 0.6) is 6.01 Å². The van der Waals surface area contributed by atoms with Gasteiger partial charge in [-0.1, -0.05) is 0 Å². The Kier molecular flexibility index (Phi) is 2.69. The van der Waals surface area contributed by atoms with Crippen molar-refractivity contribution >= 4 is 0 Å². The normalized spacial score (nSPS) is 11.4. The monoisotopic (exact) mass is 192 g/mol. The third kappa shape index (κ3) is 3.73. The molecule has 0 N–H and O–H groups in total. The predicted octanol–water partition coefficient (Wildman–Crippen LogP) is 1.73. The Labute approximate surface area is 72.6 Å². The summed E-state index contributed by atoms with van der Waals surface area (Å²) >= 11 is 0. The van der Waals surface area contributed by atoms with E-state index in [4.69, 9.17) is 0 Å². The molecule has 1 aromatic heterocycles. The zero-order valence-corrected chi connectivity index (χ0v) is 6.80. The maximum atomic E-state index is 11.7. The van der Waals surface area contributed by atoms with Gasteiger partial charge in [0.15, 0.2) is 6.61 Å². The molecule has 1 heterocycles. The van der Waals surface area contributed by atoms with Crippen molar-refractivity contribution in [3.63, 3.8) is 0 Å². The first kappa shape index (κ1) is 9.76. The number of hydrogen-bond donors (Lipinski definition) is 0. The summed E-state index contributed by atoms with van der Waals surface area (Å²) in [5.74, 6) is 0. The number of aromatic nitrogens is 2. The van der Waals surface area contributed by atoms with Crippen molar-refractivity contribution in [1.29, 1.82) is 0 Å². The highest BCUT2D eigenvalue weighted by atomic mass is 19.4. The van der Waals surface area contributed by atoms with Crippen LogP contribution >= 0.6 is 0 Å². The maximum absolute atomic E-state index is 11.7. The van der Waals surface area contributed by atoms with Gasteiger partial charge in [0, 0.05) is 11.9 Å². The van der Waals surface area contributed by atoms with Crippen LogP contribution in [0.25, 0.3) is 0 Å². The second-order valence-corrected chi connectivity index (χ2v) is 2.38. The number of nitrogens with zero attached hydrogens (tertiary/aromatic N) is 2. The Bertz CT molecular complexity index is 287. The molecule has 0 aliphatic heterocycles. The molecule has 6 heteroatoms. The van der Waals surface area contributed by atoms with E-state index in [2.05, 4.69) is 14.7 Å². The molecule has 0 aromatic carbocycles. The average Bonchev–Trinajstić information content (AvgIpc) is 2.00. The van der Waals surface area contributed by atoms with Crippen LogP contribution in [0.15, 0.2) is 12.3 Å². The van der Waals surface area contributed by atoms with Crippen molar-refractivity contribution in [2.45, 2.75) is 13.1 Å². The Hall–Kier alpha value is -1.33. The van der Waals surface area contributed by atoms with Crippen molar-refractivity contribution in [3.05, 3.63) is 18.0 Å². The molecule has 0 saturated heterocycles. The van der Waals surface area contributed by atoms with E-state index < -0.39 is 12.8 Å². The molecule has 72 valence electrons. The molecule has 1 rings (SSSR count). The molecule has 13 heavy (non-hydrogen) atoms. The van der Waals surface area contributed by atoms with Gasteiger partial charge in [-0.2, -0.15) is 13.2 Å². The number of halogens is 3. The highest BCUT2D eigenvalue weighted by Crippen LogP contribution is 2.15. The summed E-state index contributed by atoms with van der Waals surface area (Å²) in [6, 6.07) is 1.32. The minimum Gasteiger partial charge on any atom is -0.454 e. The first-order valence-corrected chi connectivity index (χ1v) is 3.46. The van der Waals surface area contributed by atoms with Gasteiger partial charge in [-0.3, -0.25) is 0 Å². The Morgan fingerprint density at radius 3 is 2.69 bits per heavy atom. The SMILES string of the molecule is Cc1ccnc(OCC(F)(F)F)n1. The van der Waals surface area contributed by atoms with Crippen LogP contribution < -0.4 is 4.74 Å². The van der Waals surface area contributed by atoms with Crippen molar-refractivity contribution in [1.82, 2.24) is 9.97 Å². The number of ether oxygens (including phenoxy) is 1. The molecule has 0 spiro atoms. The fraction of sp³-hybridized carbons (Fsp3) is 0.429. The lowest BCUT2D eigenvalue weighted by Gasteiger charge is -2.06. The summed E-state index contributed by atoms with van der Waals surface area (Å²) in [5, 5.41) is 0. The fourth-order valence-corrected chi connectivity index (χ4v) is 0.642. The van der Waals surface area contributed by atoms with Crippen LogP contribution in [-0.2, 0) is 0 Å². The number of aryl methyl sites for hydroxylation is 1. The summed E-state index contributed by atoms with van der Waals surface area (Å²) in [4.78, 5) is 7.15. The van der Waals surface area contributed by atoms with Gasteiger partial charge < -0.3 is 4.74 Å². The molecule has 0 fully saturated rings. The van der Waals surface area contributed by atoms with Gasteiger partial charge >= 0.3 is 12.2 Å². The smallest absolute Gasteiger partial charge is 0.422 e. The first-order chi connectivity index (χ1) is 5.97. The van der Waals surface area contributed by atoms with Crippen LogP contribution in [0.3, 0.4) is 0 Å². The van der Waals surface area contributed by atoms with E-state index in [0.29, 0.717) is 5.69 Å². The van der Waals surface area contributed by atoms with Crippen LogP contribution in [-0.4, -0.2) is 22.8 Å². The Balaban J connectivity index is 2.55. The quantitative estimate of drug-likeness (QED) is 0.715. The van der Waals surface area contributed by atoms with E-state index in [0.717, 1.165) is 0 Å². The summed E-state index contributed by atoms with van der Waals surface area (Å²) in [6.07, 6.45) is -3.01.